The van der Waals surface area contributed by atoms with Gasteiger partial charge in [0.05, 0.1) is 18.3 Å². The normalized spacial score (nSPS) is 10.8. The predicted molar refractivity (Wildman–Crippen MR) is 134 cm³/mol. The Labute approximate surface area is 202 Å². The molecule has 0 radical (unpaired) electrons. The number of benzene rings is 2. The van der Waals surface area contributed by atoms with Crippen molar-refractivity contribution in [3.8, 4) is 5.75 Å². The molecule has 0 spiro atoms. The fourth-order valence-electron chi connectivity index (χ4n) is 3.31. The quantitative estimate of drug-likeness (QED) is 0.136. The summed E-state index contributed by atoms with van der Waals surface area (Å²) in [4.78, 5) is 36.0. The van der Waals surface area contributed by atoms with Gasteiger partial charge in [-0.2, -0.15) is 5.10 Å². The van der Waals surface area contributed by atoms with Crippen LogP contribution in [0.5, 0.6) is 5.75 Å². The second-order valence-corrected chi connectivity index (χ2v) is 8.21. The van der Waals surface area contributed by atoms with Gasteiger partial charge in [0.25, 0.3) is 5.91 Å². The highest BCUT2D eigenvalue weighted by molar-refractivity contribution is 5.92. The highest BCUT2D eigenvalue weighted by atomic mass is 16.5. The molecule has 0 unspecified atom stereocenters. The minimum absolute atomic E-state index is 0.111. The van der Waals surface area contributed by atoms with Crippen molar-refractivity contribution < 1.29 is 19.1 Å². The van der Waals surface area contributed by atoms with Crippen LogP contribution in [0.2, 0.25) is 0 Å². The van der Waals surface area contributed by atoms with E-state index in [1.165, 1.54) is 31.9 Å². The number of amides is 2. The van der Waals surface area contributed by atoms with E-state index in [4.69, 9.17) is 4.74 Å². The first kappa shape index (κ1) is 26.8. The summed E-state index contributed by atoms with van der Waals surface area (Å²) in [6.45, 7) is 3.93. The van der Waals surface area contributed by atoms with E-state index < -0.39 is 11.9 Å². The van der Waals surface area contributed by atoms with Crippen molar-refractivity contribution in [2.45, 2.75) is 65.2 Å². The number of rotatable bonds is 14. The molecule has 0 heterocycles. The minimum atomic E-state index is -0.416. The number of hydrazone groups is 1. The van der Waals surface area contributed by atoms with Crippen LogP contribution in [0.3, 0.4) is 0 Å². The molecule has 0 saturated carbocycles. The third kappa shape index (κ3) is 10.4. The fourth-order valence-corrected chi connectivity index (χ4v) is 3.31. The first-order valence-corrected chi connectivity index (χ1v) is 12.0. The molecule has 7 heteroatoms. The first-order valence-electron chi connectivity index (χ1n) is 12.0. The molecule has 182 valence electrons. The van der Waals surface area contributed by atoms with Gasteiger partial charge in [-0.1, -0.05) is 63.6 Å². The maximum Gasteiger partial charge on any atom is 0.343 e. The molecular weight excluding hydrogens is 430 g/mol. The van der Waals surface area contributed by atoms with Gasteiger partial charge in [-0.05, 0) is 54.8 Å². The molecule has 0 saturated heterocycles. The Balaban J connectivity index is 1.64. The third-order valence-electron chi connectivity index (χ3n) is 5.31. The zero-order chi connectivity index (χ0) is 24.6. The molecule has 2 amide bonds. The Morgan fingerprint density at radius 2 is 1.56 bits per heavy atom. The van der Waals surface area contributed by atoms with Crippen molar-refractivity contribution in [1.29, 1.82) is 0 Å². The predicted octanol–water partition coefficient (Wildman–Crippen LogP) is 4.92. The van der Waals surface area contributed by atoms with E-state index in [1.54, 1.807) is 36.4 Å². The average molecular weight is 466 g/mol. The van der Waals surface area contributed by atoms with E-state index >= 15 is 0 Å². The lowest BCUT2D eigenvalue weighted by molar-refractivity contribution is -0.126. The Hall–Kier alpha value is -3.48. The monoisotopic (exact) mass is 465 g/mol. The molecule has 0 aliphatic heterocycles. The molecule has 0 aliphatic carbocycles. The summed E-state index contributed by atoms with van der Waals surface area (Å²) in [5.41, 5.74) is 4.48. The van der Waals surface area contributed by atoms with Crippen LogP contribution in [0, 0.1) is 6.92 Å². The van der Waals surface area contributed by atoms with Crippen molar-refractivity contribution >= 4 is 24.0 Å². The maximum atomic E-state index is 12.3. The molecule has 2 aromatic rings. The summed E-state index contributed by atoms with van der Waals surface area (Å²) in [5, 5.41) is 6.51. The summed E-state index contributed by atoms with van der Waals surface area (Å²) in [6.07, 6.45) is 9.92. The number of aryl methyl sites for hydroxylation is 1. The Kier molecular flexibility index (Phi) is 12.1. The summed E-state index contributed by atoms with van der Waals surface area (Å²) >= 11 is 0. The molecule has 0 fully saturated rings. The van der Waals surface area contributed by atoms with Crippen LogP contribution < -0.4 is 15.5 Å². The van der Waals surface area contributed by atoms with Crippen molar-refractivity contribution in [2.75, 3.05) is 6.54 Å². The van der Waals surface area contributed by atoms with Gasteiger partial charge in [-0.15, -0.1) is 0 Å². The topological polar surface area (TPSA) is 96.9 Å². The number of esters is 1. The number of nitrogens with zero attached hydrogens (tertiary/aromatic N) is 1. The molecule has 34 heavy (non-hydrogen) atoms. The lowest BCUT2D eigenvalue weighted by atomic mass is 10.1. The van der Waals surface area contributed by atoms with Gasteiger partial charge in [0.1, 0.15) is 5.75 Å². The maximum absolute atomic E-state index is 12.3. The van der Waals surface area contributed by atoms with Gasteiger partial charge >= 0.3 is 5.97 Å². The van der Waals surface area contributed by atoms with Crippen LogP contribution in [0.4, 0.5) is 0 Å². The molecule has 2 rings (SSSR count). The molecule has 7 nitrogen and oxygen atoms in total. The van der Waals surface area contributed by atoms with E-state index in [0.717, 1.165) is 30.4 Å². The van der Waals surface area contributed by atoms with Crippen LogP contribution in [0.1, 0.15) is 79.8 Å². The van der Waals surface area contributed by atoms with E-state index in [9.17, 15) is 14.4 Å². The lowest BCUT2D eigenvalue weighted by Gasteiger charge is -2.06. The van der Waals surface area contributed by atoms with Crippen LogP contribution >= 0.6 is 0 Å². The molecule has 0 bridgehead atoms. The van der Waals surface area contributed by atoms with Crippen LogP contribution in [-0.4, -0.2) is 30.5 Å². The van der Waals surface area contributed by atoms with Gasteiger partial charge < -0.3 is 10.1 Å². The summed E-state index contributed by atoms with van der Waals surface area (Å²) in [7, 11) is 0. The van der Waals surface area contributed by atoms with Crippen LogP contribution in [0.15, 0.2) is 53.6 Å². The number of ether oxygens (including phenoxy) is 1. The van der Waals surface area contributed by atoms with E-state index in [2.05, 4.69) is 22.8 Å². The van der Waals surface area contributed by atoms with Crippen LogP contribution in [0.25, 0.3) is 0 Å². The van der Waals surface area contributed by atoms with Gasteiger partial charge in [-0.3, -0.25) is 9.59 Å². The second-order valence-electron chi connectivity index (χ2n) is 8.21. The number of carbonyl (C=O) groups is 3. The SMILES string of the molecule is CCCCCCCCCC(=O)NCC(=O)N/N=C/c1ccc(OC(=O)c2ccccc2C)cc1. The van der Waals surface area contributed by atoms with Crippen LogP contribution in [-0.2, 0) is 9.59 Å². The molecule has 2 N–H and O–H groups in total. The summed E-state index contributed by atoms with van der Waals surface area (Å²) in [5.74, 6) is -0.518. The lowest BCUT2D eigenvalue weighted by Crippen LogP contribution is -2.34. The first-order chi connectivity index (χ1) is 16.5. The smallest absolute Gasteiger partial charge is 0.343 e. The molecule has 0 atom stereocenters. The largest absolute Gasteiger partial charge is 0.423 e. The molecular formula is C27H35N3O4. The van der Waals surface area contributed by atoms with Crippen molar-refractivity contribution in [1.82, 2.24) is 10.7 Å². The second kappa shape index (κ2) is 15.4. The van der Waals surface area contributed by atoms with Gasteiger partial charge in [0, 0.05) is 6.42 Å². The number of nitrogens with one attached hydrogen (secondary N) is 2. The summed E-state index contributed by atoms with van der Waals surface area (Å²) < 4.78 is 5.40. The number of hydrogen-bond donors (Lipinski definition) is 2. The average Bonchev–Trinajstić information content (AvgIpc) is 2.83. The van der Waals surface area contributed by atoms with Crippen molar-refractivity contribution in [3.05, 3.63) is 65.2 Å². The minimum Gasteiger partial charge on any atom is -0.423 e. The fraction of sp³-hybridized carbons (Fsp3) is 0.407. The third-order valence-corrected chi connectivity index (χ3v) is 5.31. The highest BCUT2D eigenvalue weighted by Crippen LogP contribution is 2.15. The molecule has 0 aliphatic rings. The Morgan fingerprint density at radius 1 is 0.882 bits per heavy atom. The van der Waals surface area contributed by atoms with E-state index in [-0.39, 0.29) is 12.5 Å². The number of carbonyl (C=O) groups excluding carboxylic acids is 3. The van der Waals surface area contributed by atoms with E-state index in [0.29, 0.717) is 17.7 Å². The Morgan fingerprint density at radius 3 is 2.26 bits per heavy atom. The zero-order valence-corrected chi connectivity index (χ0v) is 20.1. The number of hydrogen-bond acceptors (Lipinski definition) is 5. The van der Waals surface area contributed by atoms with Gasteiger partial charge in [-0.25, -0.2) is 10.2 Å². The van der Waals surface area contributed by atoms with Gasteiger partial charge in [0.15, 0.2) is 0 Å². The van der Waals surface area contributed by atoms with Crippen molar-refractivity contribution in [3.63, 3.8) is 0 Å². The standard InChI is InChI=1S/C27H35N3O4/c1-3-4-5-6-7-8-9-14-25(31)28-20-26(32)30-29-19-22-15-17-23(18-16-22)34-27(33)24-13-11-10-12-21(24)2/h10-13,15-19H,3-9,14,20H2,1-2H3,(H,28,31)(H,30,32)/b29-19+. The molecule has 0 aromatic heterocycles. The van der Waals surface area contributed by atoms with Crippen molar-refractivity contribution in [2.24, 2.45) is 5.10 Å². The van der Waals surface area contributed by atoms with Gasteiger partial charge in [0.2, 0.25) is 5.91 Å². The number of unbranched alkanes of at least 4 members (excludes halogenated alkanes) is 6. The summed E-state index contributed by atoms with van der Waals surface area (Å²) in [6, 6.07) is 14.0. The zero-order valence-electron chi connectivity index (χ0n) is 20.1. The Bertz CT molecular complexity index is 955. The highest BCUT2D eigenvalue weighted by Gasteiger charge is 2.10. The molecule has 2 aromatic carbocycles. The van der Waals surface area contributed by atoms with E-state index in [1.807, 2.05) is 19.1 Å².